The van der Waals surface area contributed by atoms with Gasteiger partial charge in [-0.25, -0.2) is 5.43 Å². The minimum absolute atomic E-state index is 0.0666. The predicted molar refractivity (Wildman–Crippen MR) is 77.9 cm³/mol. The van der Waals surface area contributed by atoms with Crippen molar-refractivity contribution in [1.82, 2.24) is 9.99 Å². The number of pyridine rings is 1. The van der Waals surface area contributed by atoms with Crippen LogP contribution in [0.1, 0.15) is 21.5 Å². The van der Waals surface area contributed by atoms with Gasteiger partial charge in [0.05, 0.1) is 6.21 Å². The first kappa shape index (κ1) is 13.7. The first-order valence-electron chi connectivity index (χ1n) is 6.14. The molecule has 20 heavy (non-hydrogen) atoms. The zero-order valence-electron chi connectivity index (χ0n) is 11.3. The number of hydrogen-bond acceptors (Lipinski definition) is 3. The highest BCUT2D eigenvalue weighted by atomic mass is 16.2. The molecule has 0 atom stereocenters. The molecule has 1 N–H and O–H groups in total. The van der Waals surface area contributed by atoms with Gasteiger partial charge in [0.1, 0.15) is 5.56 Å². The molecule has 0 spiro atoms. The molecule has 1 aromatic heterocycles. The Labute approximate surface area is 116 Å². The summed E-state index contributed by atoms with van der Waals surface area (Å²) in [7, 11) is 1.59. The molecular weight excluding hydrogens is 254 g/mol. The summed E-state index contributed by atoms with van der Waals surface area (Å²) in [6.07, 6.45) is 3.15. The Kier molecular flexibility index (Phi) is 4.10. The highest BCUT2D eigenvalue weighted by Crippen LogP contribution is 2.03. The number of benzene rings is 1. The van der Waals surface area contributed by atoms with Gasteiger partial charge < -0.3 is 4.57 Å². The van der Waals surface area contributed by atoms with Crippen LogP contribution < -0.4 is 11.0 Å². The Hall–Kier alpha value is -2.69. The molecule has 2 rings (SSSR count). The van der Waals surface area contributed by atoms with E-state index in [1.807, 2.05) is 31.2 Å². The third-order valence-electron chi connectivity index (χ3n) is 2.93. The van der Waals surface area contributed by atoms with Crippen LogP contribution in [0, 0.1) is 6.92 Å². The molecule has 0 bridgehead atoms. The van der Waals surface area contributed by atoms with Crippen molar-refractivity contribution in [3.63, 3.8) is 0 Å². The molecule has 1 heterocycles. The lowest BCUT2D eigenvalue weighted by molar-refractivity contribution is 0.0953. The topological polar surface area (TPSA) is 63.5 Å². The van der Waals surface area contributed by atoms with Crippen molar-refractivity contribution in [2.45, 2.75) is 6.92 Å². The number of aromatic nitrogens is 1. The van der Waals surface area contributed by atoms with Crippen LogP contribution in [0.4, 0.5) is 0 Å². The van der Waals surface area contributed by atoms with Gasteiger partial charge in [0.15, 0.2) is 0 Å². The van der Waals surface area contributed by atoms with E-state index in [1.165, 1.54) is 10.6 Å². The SMILES string of the molecule is Cc1ccccc1/C=N\NC(=O)c1cccn(C)c1=O. The Morgan fingerprint density at radius 3 is 2.75 bits per heavy atom. The Morgan fingerprint density at radius 1 is 1.25 bits per heavy atom. The molecular formula is C15H15N3O2. The zero-order chi connectivity index (χ0) is 14.5. The maximum atomic E-state index is 11.9. The van der Waals surface area contributed by atoms with Crippen molar-refractivity contribution in [2.24, 2.45) is 12.1 Å². The summed E-state index contributed by atoms with van der Waals surface area (Å²) < 4.78 is 1.35. The van der Waals surface area contributed by atoms with Crippen LogP contribution in [0.25, 0.3) is 0 Å². The van der Waals surface area contributed by atoms with Crippen LogP contribution in [0.5, 0.6) is 0 Å². The number of amides is 1. The quantitative estimate of drug-likeness (QED) is 0.677. The second-order valence-electron chi connectivity index (χ2n) is 4.39. The highest BCUT2D eigenvalue weighted by Gasteiger charge is 2.09. The second-order valence-corrected chi connectivity index (χ2v) is 4.39. The minimum Gasteiger partial charge on any atom is -0.318 e. The fraction of sp³-hybridized carbons (Fsp3) is 0.133. The number of hydrazone groups is 1. The average molecular weight is 269 g/mol. The first-order chi connectivity index (χ1) is 9.59. The number of nitrogens with one attached hydrogen (secondary N) is 1. The average Bonchev–Trinajstić information content (AvgIpc) is 2.44. The second kappa shape index (κ2) is 5.97. The first-order valence-corrected chi connectivity index (χ1v) is 6.14. The lowest BCUT2D eigenvalue weighted by Gasteiger charge is -2.02. The summed E-state index contributed by atoms with van der Waals surface area (Å²) in [6.45, 7) is 1.95. The molecule has 0 unspecified atom stereocenters. The van der Waals surface area contributed by atoms with Crippen LogP contribution in [0.15, 0.2) is 52.5 Å². The summed E-state index contributed by atoms with van der Waals surface area (Å²) in [5.74, 6) is -0.518. The lowest BCUT2D eigenvalue weighted by Crippen LogP contribution is -2.29. The molecule has 0 fully saturated rings. The molecule has 0 aliphatic heterocycles. The van der Waals surface area contributed by atoms with Gasteiger partial charge in [-0.3, -0.25) is 9.59 Å². The number of carbonyl (C=O) groups excluding carboxylic acids is 1. The van der Waals surface area contributed by atoms with E-state index in [4.69, 9.17) is 0 Å². The molecule has 102 valence electrons. The maximum Gasteiger partial charge on any atom is 0.276 e. The van der Waals surface area contributed by atoms with Crippen LogP contribution >= 0.6 is 0 Å². The third kappa shape index (κ3) is 3.00. The molecule has 1 amide bonds. The van der Waals surface area contributed by atoms with Crippen molar-refractivity contribution >= 4 is 12.1 Å². The molecule has 0 saturated carbocycles. The Morgan fingerprint density at radius 2 is 2.00 bits per heavy atom. The normalized spacial score (nSPS) is 10.7. The smallest absolute Gasteiger partial charge is 0.276 e. The summed E-state index contributed by atoms with van der Waals surface area (Å²) in [5, 5.41) is 3.88. The lowest BCUT2D eigenvalue weighted by atomic mass is 10.1. The molecule has 0 saturated heterocycles. The van der Waals surface area contributed by atoms with Gasteiger partial charge in [0.2, 0.25) is 0 Å². The van der Waals surface area contributed by atoms with Crippen LogP contribution in [-0.4, -0.2) is 16.7 Å². The number of nitrogens with zero attached hydrogens (tertiary/aromatic N) is 2. The van der Waals surface area contributed by atoms with Crippen LogP contribution in [0.2, 0.25) is 0 Å². The predicted octanol–water partition coefficient (Wildman–Crippen LogP) is 1.46. The maximum absolute atomic E-state index is 11.9. The van der Waals surface area contributed by atoms with Crippen LogP contribution in [-0.2, 0) is 7.05 Å². The molecule has 1 aromatic carbocycles. The van der Waals surface area contributed by atoms with Gasteiger partial charge in [0.25, 0.3) is 11.5 Å². The summed E-state index contributed by atoms with van der Waals surface area (Å²) >= 11 is 0. The van der Waals surface area contributed by atoms with E-state index in [0.29, 0.717) is 0 Å². The zero-order valence-corrected chi connectivity index (χ0v) is 11.3. The van der Waals surface area contributed by atoms with E-state index in [9.17, 15) is 9.59 Å². The van der Waals surface area contributed by atoms with Gasteiger partial charge >= 0.3 is 0 Å². The molecule has 0 aliphatic rings. The number of hydrogen-bond donors (Lipinski definition) is 1. The largest absolute Gasteiger partial charge is 0.318 e. The third-order valence-corrected chi connectivity index (χ3v) is 2.93. The summed E-state index contributed by atoms with van der Waals surface area (Å²) in [4.78, 5) is 23.6. The van der Waals surface area contributed by atoms with Gasteiger partial charge in [-0.15, -0.1) is 0 Å². The Bertz CT molecular complexity index is 717. The van der Waals surface area contributed by atoms with Crippen molar-refractivity contribution in [3.05, 3.63) is 69.6 Å². The molecule has 5 nitrogen and oxygen atoms in total. The van der Waals surface area contributed by atoms with Crippen molar-refractivity contribution < 1.29 is 4.79 Å². The number of aryl methyl sites for hydroxylation is 2. The summed E-state index contributed by atoms with van der Waals surface area (Å²) in [5.41, 5.74) is 4.04. The summed E-state index contributed by atoms with van der Waals surface area (Å²) in [6, 6.07) is 10.8. The highest BCUT2D eigenvalue weighted by molar-refractivity contribution is 5.94. The monoisotopic (exact) mass is 269 g/mol. The van der Waals surface area contributed by atoms with E-state index in [0.717, 1.165) is 11.1 Å². The Balaban J connectivity index is 2.12. The van der Waals surface area contributed by atoms with E-state index < -0.39 is 5.91 Å². The van der Waals surface area contributed by atoms with Crippen molar-refractivity contribution in [2.75, 3.05) is 0 Å². The fourth-order valence-corrected chi connectivity index (χ4v) is 1.72. The van der Waals surface area contributed by atoms with Gasteiger partial charge in [-0.1, -0.05) is 24.3 Å². The van der Waals surface area contributed by atoms with E-state index in [2.05, 4.69) is 10.5 Å². The number of rotatable bonds is 3. The van der Waals surface area contributed by atoms with E-state index in [1.54, 1.807) is 25.5 Å². The fourth-order valence-electron chi connectivity index (χ4n) is 1.72. The molecule has 0 aliphatic carbocycles. The molecule has 2 aromatic rings. The van der Waals surface area contributed by atoms with Crippen LogP contribution in [0.3, 0.4) is 0 Å². The molecule has 0 radical (unpaired) electrons. The van der Waals surface area contributed by atoms with Gasteiger partial charge in [0, 0.05) is 13.2 Å². The number of carbonyl (C=O) groups is 1. The van der Waals surface area contributed by atoms with Gasteiger partial charge in [-0.2, -0.15) is 5.10 Å². The van der Waals surface area contributed by atoms with Gasteiger partial charge in [-0.05, 0) is 30.2 Å². The molecule has 5 heteroatoms. The van der Waals surface area contributed by atoms with E-state index >= 15 is 0 Å². The minimum atomic E-state index is -0.518. The van der Waals surface area contributed by atoms with Crippen molar-refractivity contribution in [1.29, 1.82) is 0 Å². The standard InChI is InChI=1S/C15H15N3O2/c1-11-6-3-4-7-12(11)10-16-17-14(19)13-8-5-9-18(2)15(13)20/h3-10H,1-2H3,(H,17,19)/b16-10-. The van der Waals surface area contributed by atoms with Crippen molar-refractivity contribution in [3.8, 4) is 0 Å². The van der Waals surface area contributed by atoms with E-state index in [-0.39, 0.29) is 11.1 Å².